The minimum atomic E-state index is -0.188. The van der Waals surface area contributed by atoms with E-state index in [1.165, 1.54) is 0 Å². The average molecular weight is 418 g/mol. The van der Waals surface area contributed by atoms with Crippen LogP contribution in [-0.4, -0.2) is 44.0 Å². The van der Waals surface area contributed by atoms with E-state index in [0.717, 1.165) is 17.9 Å². The zero-order valence-electron chi connectivity index (χ0n) is 17.8. The van der Waals surface area contributed by atoms with Gasteiger partial charge in [0.15, 0.2) is 0 Å². The largest absolute Gasteiger partial charge is 0.492 e. The Labute approximate surface area is 182 Å². The molecule has 160 valence electrons. The average Bonchev–Trinajstić information content (AvgIpc) is 2.79. The van der Waals surface area contributed by atoms with Crippen molar-refractivity contribution < 1.29 is 14.3 Å². The molecule has 0 heterocycles. The van der Waals surface area contributed by atoms with Gasteiger partial charge in [0.05, 0.1) is 0 Å². The topological polar surface area (TPSA) is 70.7 Å². The van der Waals surface area contributed by atoms with E-state index >= 15 is 0 Å². The summed E-state index contributed by atoms with van der Waals surface area (Å²) in [5.74, 6) is 0.448. The molecule has 3 rings (SSSR count). The van der Waals surface area contributed by atoms with E-state index in [0.29, 0.717) is 30.0 Å². The Bertz CT molecular complexity index is 985. The normalized spacial score (nSPS) is 10.5. The molecular weight excluding hydrogens is 390 g/mol. The minimum absolute atomic E-state index is 0.174. The van der Waals surface area contributed by atoms with Gasteiger partial charge in [-0.15, -0.1) is 0 Å². The molecule has 2 N–H and O–H groups in total. The van der Waals surface area contributed by atoms with Crippen LogP contribution in [0.4, 0.5) is 5.69 Å². The van der Waals surface area contributed by atoms with E-state index in [2.05, 4.69) is 15.5 Å². The van der Waals surface area contributed by atoms with Crippen LogP contribution in [0.25, 0.3) is 0 Å². The fourth-order valence-electron chi connectivity index (χ4n) is 2.83. The maximum absolute atomic E-state index is 12.4. The van der Waals surface area contributed by atoms with Crippen molar-refractivity contribution >= 4 is 17.5 Å². The number of carbonyl (C=O) groups excluding carboxylic acids is 2. The maximum atomic E-state index is 12.4. The number of nitrogens with zero attached hydrogens (tertiary/aromatic N) is 1. The second-order valence-electron chi connectivity index (χ2n) is 7.38. The Kier molecular flexibility index (Phi) is 7.79. The molecular formula is C25H27N3O3. The molecule has 0 atom stereocenters. The highest BCUT2D eigenvalue weighted by atomic mass is 16.5. The third-order valence-electron chi connectivity index (χ3n) is 4.62. The SMILES string of the molecule is CN(C)CCOc1ccc(CNC(=O)c2ccc(NC(=O)c3ccccc3)cc2)cc1. The maximum Gasteiger partial charge on any atom is 0.255 e. The molecule has 0 saturated heterocycles. The van der Waals surface area contributed by atoms with Crippen LogP contribution in [-0.2, 0) is 6.54 Å². The number of likely N-dealkylation sites (N-methyl/N-ethyl adjacent to an activating group) is 1. The molecule has 0 aliphatic heterocycles. The van der Waals surface area contributed by atoms with Gasteiger partial charge in [-0.1, -0.05) is 30.3 Å². The van der Waals surface area contributed by atoms with E-state index in [1.807, 2.05) is 56.6 Å². The fourth-order valence-corrected chi connectivity index (χ4v) is 2.83. The van der Waals surface area contributed by atoms with E-state index in [1.54, 1.807) is 36.4 Å². The van der Waals surface area contributed by atoms with Crippen LogP contribution in [0.2, 0.25) is 0 Å². The summed E-state index contributed by atoms with van der Waals surface area (Å²) in [6.07, 6.45) is 0. The smallest absolute Gasteiger partial charge is 0.255 e. The van der Waals surface area contributed by atoms with Crippen molar-refractivity contribution in [3.05, 3.63) is 95.6 Å². The monoisotopic (exact) mass is 417 g/mol. The highest BCUT2D eigenvalue weighted by molar-refractivity contribution is 6.04. The van der Waals surface area contributed by atoms with Gasteiger partial charge >= 0.3 is 0 Å². The van der Waals surface area contributed by atoms with Crippen LogP contribution in [0.1, 0.15) is 26.3 Å². The van der Waals surface area contributed by atoms with Crippen molar-refractivity contribution in [1.29, 1.82) is 0 Å². The molecule has 0 fully saturated rings. The predicted molar refractivity (Wildman–Crippen MR) is 122 cm³/mol. The van der Waals surface area contributed by atoms with Crippen molar-refractivity contribution in [2.24, 2.45) is 0 Å². The number of hydrogen-bond acceptors (Lipinski definition) is 4. The second kappa shape index (κ2) is 10.9. The van der Waals surface area contributed by atoms with Crippen molar-refractivity contribution in [3.63, 3.8) is 0 Å². The summed E-state index contributed by atoms with van der Waals surface area (Å²) in [4.78, 5) is 26.7. The Balaban J connectivity index is 1.47. The van der Waals surface area contributed by atoms with Crippen LogP contribution in [0.3, 0.4) is 0 Å². The molecule has 0 bridgehead atoms. The highest BCUT2D eigenvalue weighted by Gasteiger charge is 2.08. The molecule has 31 heavy (non-hydrogen) atoms. The molecule has 0 aliphatic carbocycles. The molecule has 6 heteroatoms. The van der Waals surface area contributed by atoms with E-state index < -0.39 is 0 Å². The molecule has 3 aromatic carbocycles. The third kappa shape index (κ3) is 6.97. The fraction of sp³-hybridized carbons (Fsp3) is 0.200. The Morgan fingerprint density at radius 2 is 1.45 bits per heavy atom. The molecule has 0 aliphatic rings. The lowest BCUT2D eigenvalue weighted by atomic mass is 10.1. The van der Waals surface area contributed by atoms with Gasteiger partial charge in [-0.2, -0.15) is 0 Å². The first-order valence-corrected chi connectivity index (χ1v) is 10.1. The van der Waals surface area contributed by atoms with Gasteiger partial charge in [0.1, 0.15) is 12.4 Å². The molecule has 0 radical (unpaired) electrons. The third-order valence-corrected chi connectivity index (χ3v) is 4.62. The number of anilines is 1. The zero-order valence-corrected chi connectivity index (χ0v) is 17.8. The lowest BCUT2D eigenvalue weighted by molar-refractivity contribution is 0.0950. The van der Waals surface area contributed by atoms with Crippen molar-refractivity contribution in [2.75, 3.05) is 32.6 Å². The van der Waals surface area contributed by atoms with Gasteiger partial charge in [-0.25, -0.2) is 0 Å². The number of rotatable bonds is 9. The van der Waals surface area contributed by atoms with Gasteiger partial charge in [-0.3, -0.25) is 9.59 Å². The van der Waals surface area contributed by atoms with Gasteiger partial charge < -0.3 is 20.3 Å². The number of ether oxygens (including phenoxy) is 1. The van der Waals surface area contributed by atoms with Crippen molar-refractivity contribution in [3.8, 4) is 5.75 Å². The van der Waals surface area contributed by atoms with Gasteiger partial charge in [0.25, 0.3) is 11.8 Å². The van der Waals surface area contributed by atoms with E-state index in [9.17, 15) is 9.59 Å². The molecule has 0 spiro atoms. The Morgan fingerprint density at radius 3 is 2.10 bits per heavy atom. The predicted octanol–water partition coefficient (Wildman–Crippen LogP) is 3.81. The molecule has 6 nitrogen and oxygen atoms in total. The van der Waals surface area contributed by atoms with Crippen LogP contribution >= 0.6 is 0 Å². The first-order valence-electron chi connectivity index (χ1n) is 10.1. The number of amides is 2. The molecule has 2 amide bonds. The minimum Gasteiger partial charge on any atom is -0.492 e. The quantitative estimate of drug-likeness (QED) is 0.555. The van der Waals surface area contributed by atoms with Crippen molar-refractivity contribution in [2.45, 2.75) is 6.54 Å². The summed E-state index contributed by atoms with van der Waals surface area (Å²) >= 11 is 0. The zero-order chi connectivity index (χ0) is 22.1. The van der Waals surface area contributed by atoms with Gasteiger partial charge in [0.2, 0.25) is 0 Å². The molecule has 0 unspecified atom stereocenters. The van der Waals surface area contributed by atoms with Crippen molar-refractivity contribution in [1.82, 2.24) is 10.2 Å². The number of benzene rings is 3. The standard InChI is InChI=1S/C25H27N3O3/c1-28(2)16-17-31-23-14-8-19(9-15-23)18-26-24(29)21-10-12-22(13-11-21)27-25(30)20-6-4-3-5-7-20/h3-15H,16-18H2,1-2H3,(H,26,29)(H,27,30). The van der Waals surface area contributed by atoms with E-state index in [-0.39, 0.29) is 11.8 Å². The summed E-state index contributed by atoms with van der Waals surface area (Å²) in [6.45, 7) is 1.90. The van der Waals surface area contributed by atoms with Crippen LogP contribution in [0, 0.1) is 0 Å². The lowest BCUT2D eigenvalue weighted by Gasteiger charge is -2.11. The number of nitrogens with one attached hydrogen (secondary N) is 2. The summed E-state index contributed by atoms with van der Waals surface area (Å²) < 4.78 is 5.67. The van der Waals surface area contributed by atoms with Gasteiger partial charge in [-0.05, 0) is 68.2 Å². The number of carbonyl (C=O) groups is 2. The summed E-state index contributed by atoms with van der Waals surface area (Å²) in [7, 11) is 4.01. The van der Waals surface area contributed by atoms with Crippen LogP contribution < -0.4 is 15.4 Å². The second-order valence-corrected chi connectivity index (χ2v) is 7.38. The van der Waals surface area contributed by atoms with Gasteiger partial charge in [0, 0.05) is 29.9 Å². The summed E-state index contributed by atoms with van der Waals surface area (Å²) in [5.41, 5.74) is 2.73. The lowest BCUT2D eigenvalue weighted by Crippen LogP contribution is -2.22. The first-order chi connectivity index (χ1) is 15.0. The Hall–Kier alpha value is -3.64. The number of hydrogen-bond donors (Lipinski definition) is 2. The molecule has 3 aromatic rings. The Morgan fingerprint density at radius 1 is 0.806 bits per heavy atom. The summed E-state index contributed by atoms with van der Waals surface area (Å²) in [6, 6.07) is 23.5. The first kappa shape index (κ1) is 22.1. The van der Waals surface area contributed by atoms with E-state index in [4.69, 9.17) is 4.74 Å². The summed E-state index contributed by atoms with van der Waals surface area (Å²) in [5, 5.41) is 5.73. The molecule has 0 saturated carbocycles. The van der Waals surface area contributed by atoms with Crippen LogP contribution in [0.5, 0.6) is 5.75 Å². The molecule has 0 aromatic heterocycles. The van der Waals surface area contributed by atoms with Crippen LogP contribution in [0.15, 0.2) is 78.9 Å². The highest BCUT2D eigenvalue weighted by Crippen LogP contribution is 2.14.